The average Bonchev–Trinajstić information content (AvgIpc) is 2.85. The van der Waals surface area contributed by atoms with E-state index >= 15 is 0 Å². The lowest BCUT2D eigenvalue weighted by Crippen LogP contribution is -2.54. The van der Waals surface area contributed by atoms with Gasteiger partial charge in [-0.15, -0.1) is 0 Å². The minimum absolute atomic E-state index is 0.0624. The van der Waals surface area contributed by atoms with Crippen LogP contribution in [0.3, 0.4) is 0 Å². The Hall–Kier alpha value is -2.24. The van der Waals surface area contributed by atoms with E-state index in [1.54, 1.807) is 25.1 Å². The molecule has 0 unspecified atom stereocenters. The summed E-state index contributed by atoms with van der Waals surface area (Å²) in [6.45, 7) is 1.05. The number of benzene rings is 2. The highest BCUT2D eigenvalue weighted by molar-refractivity contribution is 6.11. The van der Waals surface area contributed by atoms with Gasteiger partial charge >= 0.3 is 0 Å². The van der Waals surface area contributed by atoms with Crippen molar-refractivity contribution in [2.75, 3.05) is 6.61 Å². The van der Waals surface area contributed by atoms with Gasteiger partial charge in [0, 0.05) is 17.4 Å². The predicted octanol–water partition coefficient (Wildman–Crippen LogP) is 2.31. The van der Waals surface area contributed by atoms with E-state index in [1.165, 1.54) is 0 Å². The maximum absolute atomic E-state index is 13.0. The Balaban J connectivity index is 1.93. The lowest BCUT2D eigenvalue weighted by atomic mass is 9.60. The summed E-state index contributed by atoms with van der Waals surface area (Å²) in [7, 11) is 0. The highest BCUT2D eigenvalue weighted by Gasteiger charge is 2.63. The van der Waals surface area contributed by atoms with Gasteiger partial charge < -0.3 is 15.3 Å². The van der Waals surface area contributed by atoms with Crippen LogP contribution in [-0.2, 0) is 4.79 Å². The van der Waals surface area contributed by atoms with E-state index in [2.05, 4.69) is 0 Å². The third kappa shape index (κ3) is 1.96. The number of aliphatic hydroxyl groups excluding tert-OH is 1. The van der Waals surface area contributed by atoms with E-state index in [4.69, 9.17) is 0 Å². The molecule has 0 bridgehead atoms. The lowest BCUT2D eigenvalue weighted by Gasteiger charge is -2.44. The van der Waals surface area contributed by atoms with Gasteiger partial charge in [-0.25, -0.2) is 0 Å². The van der Waals surface area contributed by atoms with Crippen molar-refractivity contribution in [2.24, 2.45) is 5.41 Å². The molecule has 2 aliphatic rings. The highest BCUT2D eigenvalue weighted by atomic mass is 16.3. The molecular formula is C20H20O5. The molecule has 5 heteroatoms. The Labute approximate surface area is 144 Å². The first-order valence-corrected chi connectivity index (χ1v) is 8.47. The summed E-state index contributed by atoms with van der Waals surface area (Å²) in [6.07, 6.45) is 0.892. The number of aliphatic hydroxyl groups is 2. The first-order valence-electron chi connectivity index (χ1n) is 8.47. The molecule has 130 valence electrons. The number of hydrogen-bond acceptors (Lipinski definition) is 5. The maximum Gasteiger partial charge on any atom is 0.190 e. The molecular weight excluding hydrogens is 320 g/mol. The summed E-state index contributed by atoms with van der Waals surface area (Å²) in [5.74, 6) is -0.709. The fourth-order valence-electron chi connectivity index (χ4n) is 4.96. The summed E-state index contributed by atoms with van der Waals surface area (Å²) < 4.78 is 0. The average molecular weight is 340 g/mol. The fourth-order valence-corrected chi connectivity index (χ4v) is 4.96. The number of hydrogen-bond donors (Lipinski definition) is 3. The van der Waals surface area contributed by atoms with Crippen molar-refractivity contribution in [2.45, 2.75) is 37.7 Å². The van der Waals surface area contributed by atoms with Crippen molar-refractivity contribution < 1.29 is 24.9 Å². The number of Topliss-reactive ketones (excluding diaryl/α,β-unsaturated/α-hetero) is 2. The van der Waals surface area contributed by atoms with Crippen LogP contribution in [0, 0.1) is 5.41 Å². The highest BCUT2D eigenvalue weighted by Crippen LogP contribution is 2.61. The lowest BCUT2D eigenvalue weighted by molar-refractivity contribution is -0.152. The fraction of sp³-hybridized carbons (Fsp3) is 0.400. The van der Waals surface area contributed by atoms with E-state index in [0.717, 1.165) is 16.3 Å². The first-order chi connectivity index (χ1) is 11.8. The number of rotatable bonds is 2. The molecule has 0 radical (unpaired) electrons. The summed E-state index contributed by atoms with van der Waals surface area (Å²) in [5, 5.41) is 31.5. The van der Waals surface area contributed by atoms with Crippen LogP contribution in [0.4, 0.5) is 0 Å². The van der Waals surface area contributed by atoms with E-state index in [0.29, 0.717) is 12.0 Å². The molecule has 3 atom stereocenters. The molecule has 25 heavy (non-hydrogen) atoms. The Morgan fingerprint density at radius 1 is 1.28 bits per heavy atom. The van der Waals surface area contributed by atoms with Crippen molar-refractivity contribution in [3.63, 3.8) is 0 Å². The minimum atomic E-state index is -1.68. The van der Waals surface area contributed by atoms with E-state index in [9.17, 15) is 24.9 Å². The number of phenolic OH excluding ortho intramolecular Hbond substituents is 1. The molecule has 0 aromatic heterocycles. The Bertz CT molecular complexity index is 918. The van der Waals surface area contributed by atoms with Crippen molar-refractivity contribution in [3.8, 4) is 5.75 Å². The minimum Gasteiger partial charge on any atom is -0.508 e. The van der Waals surface area contributed by atoms with Crippen LogP contribution in [-0.4, -0.2) is 39.1 Å². The van der Waals surface area contributed by atoms with Gasteiger partial charge in [-0.05, 0) is 53.3 Å². The molecule has 3 N–H and O–H groups in total. The van der Waals surface area contributed by atoms with Gasteiger partial charge in [0.05, 0.1) is 0 Å². The van der Waals surface area contributed by atoms with Crippen molar-refractivity contribution in [1.29, 1.82) is 0 Å². The Morgan fingerprint density at radius 3 is 2.76 bits per heavy atom. The monoisotopic (exact) mass is 340 g/mol. The molecule has 0 amide bonds. The molecule has 0 aliphatic heterocycles. The maximum atomic E-state index is 13.0. The number of phenols is 1. The van der Waals surface area contributed by atoms with Crippen molar-refractivity contribution in [3.05, 3.63) is 41.5 Å². The van der Waals surface area contributed by atoms with Crippen LogP contribution in [0.5, 0.6) is 5.75 Å². The zero-order valence-corrected chi connectivity index (χ0v) is 14.0. The van der Waals surface area contributed by atoms with Gasteiger partial charge in [0.15, 0.2) is 11.6 Å². The van der Waals surface area contributed by atoms with Crippen LogP contribution >= 0.6 is 0 Å². The summed E-state index contributed by atoms with van der Waals surface area (Å²) >= 11 is 0. The topological polar surface area (TPSA) is 94.8 Å². The zero-order valence-electron chi connectivity index (χ0n) is 14.0. The van der Waals surface area contributed by atoms with Crippen LogP contribution in [0.25, 0.3) is 10.8 Å². The molecule has 2 aromatic carbocycles. The quantitative estimate of drug-likeness (QED) is 0.780. The van der Waals surface area contributed by atoms with Gasteiger partial charge in [0.25, 0.3) is 0 Å². The van der Waals surface area contributed by atoms with Gasteiger partial charge in [-0.2, -0.15) is 0 Å². The molecule has 0 spiro atoms. The zero-order chi connectivity index (χ0) is 18.0. The van der Waals surface area contributed by atoms with E-state index < -0.39 is 23.4 Å². The molecule has 1 fully saturated rings. The summed E-state index contributed by atoms with van der Waals surface area (Å²) in [6, 6.07) is 8.65. The number of aromatic hydroxyl groups is 1. The first kappa shape index (κ1) is 16.2. The Morgan fingerprint density at radius 2 is 2.04 bits per heavy atom. The van der Waals surface area contributed by atoms with Gasteiger partial charge in [-0.1, -0.05) is 19.1 Å². The van der Waals surface area contributed by atoms with Crippen LogP contribution in [0.15, 0.2) is 30.3 Å². The molecule has 0 saturated heterocycles. The predicted molar refractivity (Wildman–Crippen MR) is 91.7 cm³/mol. The second kappa shape index (κ2) is 5.13. The Kier molecular flexibility index (Phi) is 3.33. The molecule has 2 aliphatic carbocycles. The number of ketones is 2. The third-order valence-electron chi connectivity index (χ3n) is 6.33. The van der Waals surface area contributed by atoms with Gasteiger partial charge in [-0.3, -0.25) is 9.59 Å². The summed E-state index contributed by atoms with van der Waals surface area (Å²) in [4.78, 5) is 25.2. The van der Waals surface area contributed by atoms with E-state index in [1.807, 2.05) is 12.1 Å². The summed E-state index contributed by atoms with van der Waals surface area (Å²) in [5.41, 5.74) is -1.12. The standard InChI is InChI=1S/C20H20O5/c1-19-9-16(23)18-13-5-3-12(22)8-11(13)2-4-14(18)15(19)6-7-20(19,25)17(24)10-21/h2-5,8,15,21-22,25H,6-7,9-10H2,1H3/t15-,19-,20-/m0/s1. The second-order valence-electron chi connectivity index (χ2n) is 7.49. The molecule has 2 aromatic rings. The molecule has 5 nitrogen and oxygen atoms in total. The SMILES string of the molecule is C[C@]12CC(=O)c3c(ccc4cc(O)ccc34)[C@@H]1CC[C@]2(O)C(=O)CO. The van der Waals surface area contributed by atoms with Crippen LogP contribution < -0.4 is 0 Å². The van der Waals surface area contributed by atoms with Crippen LogP contribution in [0.2, 0.25) is 0 Å². The number of carbonyl (C=O) groups is 2. The molecule has 1 saturated carbocycles. The molecule has 0 heterocycles. The smallest absolute Gasteiger partial charge is 0.190 e. The van der Waals surface area contributed by atoms with Crippen LogP contribution in [0.1, 0.15) is 48.0 Å². The number of carbonyl (C=O) groups excluding carboxylic acids is 2. The van der Waals surface area contributed by atoms with E-state index in [-0.39, 0.29) is 30.3 Å². The van der Waals surface area contributed by atoms with Crippen molar-refractivity contribution in [1.82, 2.24) is 0 Å². The second-order valence-corrected chi connectivity index (χ2v) is 7.49. The molecule has 4 rings (SSSR count). The number of fused-ring (bicyclic) bond motifs is 5. The normalized spacial score (nSPS) is 31.0. The van der Waals surface area contributed by atoms with Gasteiger partial charge in [0.2, 0.25) is 0 Å². The largest absolute Gasteiger partial charge is 0.508 e. The van der Waals surface area contributed by atoms with Crippen molar-refractivity contribution >= 4 is 22.3 Å². The van der Waals surface area contributed by atoms with Gasteiger partial charge in [0.1, 0.15) is 18.0 Å². The third-order valence-corrected chi connectivity index (χ3v) is 6.33.